The fraction of sp³-hybridized carbons (Fsp3) is 1.00. The second kappa shape index (κ2) is 7.51. The highest BCUT2D eigenvalue weighted by Gasteiger charge is 2.38. The third-order valence-corrected chi connectivity index (χ3v) is 7.57. The van der Waals surface area contributed by atoms with Crippen LogP contribution in [0.1, 0.15) is 59.3 Å². The van der Waals surface area contributed by atoms with E-state index in [9.17, 15) is 0 Å². The first-order chi connectivity index (χ1) is 9.56. The third-order valence-electron chi connectivity index (χ3n) is 5.78. The van der Waals surface area contributed by atoms with E-state index >= 15 is 0 Å². The molecule has 20 heavy (non-hydrogen) atoms. The van der Waals surface area contributed by atoms with Crippen molar-refractivity contribution in [3.63, 3.8) is 0 Å². The van der Waals surface area contributed by atoms with Crippen LogP contribution in [0.15, 0.2) is 0 Å². The van der Waals surface area contributed by atoms with Gasteiger partial charge in [0.25, 0.3) is 0 Å². The van der Waals surface area contributed by atoms with Crippen molar-refractivity contribution in [1.82, 2.24) is 0 Å². The Labute approximate surface area is 129 Å². The molecule has 0 aromatic rings. The molecule has 1 aliphatic carbocycles. The van der Waals surface area contributed by atoms with E-state index < -0.39 is 0 Å². The van der Waals surface area contributed by atoms with Gasteiger partial charge in [-0.25, -0.2) is 0 Å². The number of rotatable bonds is 5. The summed E-state index contributed by atoms with van der Waals surface area (Å²) in [6.07, 6.45) is 7.87. The molecule has 1 saturated heterocycles. The Balaban J connectivity index is 1.95. The van der Waals surface area contributed by atoms with Gasteiger partial charge in [0.15, 0.2) is 0 Å². The van der Waals surface area contributed by atoms with E-state index in [4.69, 9.17) is 10.5 Å². The van der Waals surface area contributed by atoms with Crippen LogP contribution in [0.5, 0.6) is 0 Å². The highest BCUT2D eigenvalue weighted by molar-refractivity contribution is 8.00. The molecule has 3 unspecified atom stereocenters. The quantitative estimate of drug-likeness (QED) is 0.831. The molecule has 2 rings (SSSR count). The molecule has 3 heteroatoms. The smallest absolute Gasteiger partial charge is 0.0476 e. The van der Waals surface area contributed by atoms with Gasteiger partial charge in [-0.1, -0.05) is 27.2 Å². The van der Waals surface area contributed by atoms with E-state index in [0.717, 1.165) is 42.1 Å². The van der Waals surface area contributed by atoms with Crippen LogP contribution in [0.2, 0.25) is 0 Å². The SMILES string of the molecule is CCC(C)(C)C1CCC(CN)C(SC2CCOCC2)C1. The van der Waals surface area contributed by atoms with Crippen LogP contribution >= 0.6 is 11.8 Å². The summed E-state index contributed by atoms with van der Waals surface area (Å²) >= 11 is 2.24. The van der Waals surface area contributed by atoms with Gasteiger partial charge < -0.3 is 10.5 Å². The summed E-state index contributed by atoms with van der Waals surface area (Å²) in [6.45, 7) is 10.0. The highest BCUT2D eigenvalue weighted by Crippen LogP contribution is 2.46. The summed E-state index contributed by atoms with van der Waals surface area (Å²) in [5, 5.41) is 1.60. The van der Waals surface area contributed by atoms with E-state index in [-0.39, 0.29) is 0 Å². The van der Waals surface area contributed by atoms with Gasteiger partial charge in [-0.2, -0.15) is 11.8 Å². The number of hydrogen-bond donors (Lipinski definition) is 1. The van der Waals surface area contributed by atoms with Crippen LogP contribution in [0.25, 0.3) is 0 Å². The second-order valence-electron chi connectivity index (χ2n) is 7.33. The standard InChI is InChI=1S/C17H33NOS/c1-4-17(2,3)14-6-5-13(12-18)16(11-14)20-15-7-9-19-10-8-15/h13-16H,4-12,18H2,1-3H3. The zero-order valence-electron chi connectivity index (χ0n) is 13.6. The summed E-state index contributed by atoms with van der Waals surface area (Å²) in [5.41, 5.74) is 6.54. The van der Waals surface area contributed by atoms with E-state index in [1.54, 1.807) is 0 Å². The van der Waals surface area contributed by atoms with Crippen LogP contribution in [-0.4, -0.2) is 30.3 Å². The van der Waals surface area contributed by atoms with Gasteiger partial charge in [-0.3, -0.25) is 0 Å². The molecule has 0 spiro atoms. The summed E-state index contributed by atoms with van der Waals surface area (Å²) in [7, 11) is 0. The first-order valence-corrected chi connectivity index (χ1v) is 9.44. The van der Waals surface area contributed by atoms with Crippen molar-refractivity contribution in [1.29, 1.82) is 0 Å². The Bertz CT molecular complexity index is 289. The van der Waals surface area contributed by atoms with Crippen LogP contribution in [0.3, 0.4) is 0 Å². The van der Waals surface area contributed by atoms with Crippen molar-refractivity contribution >= 4 is 11.8 Å². The fourth-order valence-electron chi connectivity index (χ4n) is 3.69. The van der Waals surface area contributed by atoms with Gasteiger partial charge in [-0.05, 0) is 55.9 Å². The van der Waals surface area contributed by atoms with E-state index in [1.165, 1.54) is 38.5 Å². The average molecular weight is 300 g/mol. The monoisotopic (exact) mass is 299 g/mol. The van der Waals surface area contributed by atoms with Crippen LogP contribution in [-0.2, 0) is 4.74 Å². The lowest BCUT2D eigenvalue weighted by molar-refractivity contribution is 0.0991. The average Bonchev–Trinajstić information content (AvgIpc) is 2.48. The molecule has 0 aromatic carbocycles. The van der Waals surface area contributed by atoms with Crippen LogP contribution < -0.4 is 5.73 Å². The van der Waals surface area contributed by atoms with Crippen molar-refractivity contribution in [2.24, 2.45) is 23.0 Å². The predicted molar refractivity (Wildman–Crippen MR) is 89.2 cm³/mol. The van der Waals surface area contributed by atoms with Crippen molar-refractivity contribution < 1.29 is 4.74 Å². The van der Waals surface area contributed by atoms with E-state index in [2.05, 4.69) is 32.5 Å². The summed E-state index contributed by atoms with van der Waals surface area (Å²) < 4.78 is 5.50. The molecule has 0 radical (unpaired) electrons. The fourth-order valence-corrected chi connectivity index (χ4v) is 5.46. The molecule has 1 heterocycles. The zero-order valence-corrected chi connectivity index (χ0v) is 14.4. The van der Waals surface area contributed by atoms with E-state index in [1.807, 2.05) is 0 Å². The molecule has 1 saturated carbocycles. The van der Waals surface area contributed by atoms with Gasteiger partial charge in [-0.15, -0.1) is 0 Å². The molecule has 2 fully saturated rings. The third kappa shape index (κ3) is 4.14. The normalized spacial score (nSPS) is 33.3. The lowest BCUT2D eigenvalue weighted by atomic mass is 9.67. The highest BCUT2D eigenvalue weighted by atomic mass is 32.2. The minimum Gasteiger partial charge on any atom is -0.381 e. The topological polar surface area (TPSA) is 35.2 Å². The Morgan fingerprint density at radius 3 is 2.45 bits per heavy atom. The molecule has 2 N–H and O–H groups in total. The molecule has 2 nitrogen and oxygen atoms in total. The molecule has 1 aliphatic heterocycles. The number of thioether (sulfide) groups is 1. The number of ether oxygens (including phenoxy) is 1. The zero-order chi connectivity index (χ0) is 14.6. The van der Waals surface area contributed by atoms with Crippen molar-refractivity contribution in [3.05, 3.63) is 0 Å². The van der Waals surface area contributed by atoms with Crippen molar-refractivity contribution in [2.75, 3.05) is 19.8 Å². The van der Waals surface area contributed by atoms with Crippen molar-refractivity contribution in [2.45, 2.75) is 69.8 Å². The predicted octanol–water partition coefficient (Wildman–Crippen LogP) is 4.08. The summed E-state index contributed by atoms with van der Waals surface area (Å²) in [4.78, 5) is 0. The molecular weight excluding hydrogens is 266 g/mol. The number of hydrogen-bond acceptors (Lipinski definition) is 3. The summed E-state index contributed by atoms with van der Waals surface area (Å²) in [6, 6.07) is 0. The van der Waals surface area contributed by atoms with Gasteiger partial charge in [0, 0.05) is 23.7 Å². The largest absolute Gasteiger partial charge is 0.381 e. The maximum absolute atomic E-state index is 6.05. The second-order valence-corrected chi connectivity index (χ2v) is 8.88. The Hall–Kier alpha value is 0.270. The van der Waals surface area contributed by atoms with Gasteiger partial charge in [0.05, 0.1) is 0 Å². The number of nitrogens with two attached hydrogens (primary N) is 1. The van der Waals surface area contributed by atoms with Crippen molar-refractivity contribution in [3.8, 4) is 0 Å². The first kappa shape index (κ1) is 16.6. The Morgan fingerprint density at radius 2 is 1.85 bits per heavy atom. The molecule has 0 amide bonds. The molecule has 0 bridgehead atoms. The molecule has 118 valence electrons. The van der Waals surface area contributed by atoms with Crippen LogP contribution in [0, 0.1) is 17.3 Å². The molecule has 0 aromatic heterocycles. The first-order valence-electron chi connectivity index (χ1n) is 8.50. The van der Waals surface area contributed by atoms with Crippen LogP contribution in [0.4, 0.5) is 0 Å². The molecule has 2 aliphatic rings. The maximum atomic E-state index is 6.05. The molecule has 3 atom stereocenters. The lowest BCUT2D eigenvalue weighted by Crippen LogP contribution is -2.38. The van der Waals surface area contributed by atoms with Gasteiger partial charge >= 0.3 is 0 Å². The maximum Gasteiger partial charge on any atom is 0.0476 e. The summed E-state index contributed by atoms with van der Waals surface area (Å²) in [5.74, 6) is 1.62. The van der Waals surface area contributed by atoms with E-state index in [0.29, 0.717) is 5.41 Å². The molecular formula is C17H33NOS. The Kier molecular flexibility index (Phi) is 6.25. The van der Waals surface area contributed by atoms with Gasteiger partial charge in [0.2, 0.25) is 0 Å². The Morgan fingerprint density at radius 1 is 1.15 bits per heavy atom. The minimum atomic E-state index is 0.494. The van der Waals surface area contributed by atoms with Gasteiger partial charge in [0.1, 0.15) is 0 Å². The lowest BCUT2D eigenvalue weighted by Gasteiger charge is -2.43. The minimum absolute atomic E-state index is 0.494.